The van der Waals surface area contributed by atoms with Gasteiger partial charge in [0.1, 0.15) is 5.82 Å². The molecule has 1 unspecified atom stereocenters. The maximum absolute atomic E-state index is 6.18. The number of nitrogen functional groups attached to an aromatic ring is 1. The first-order valence-electron chi connectivity index (χ1n) is 5.30. The van der Waals surface area contributed by atoms with Gasteiger partial charge in [0.15, 0.2) is 5.15 Å². The Balaban J connectivity index is 2.18. The van der Waals surface area contributed by atoms with Crippen LogP contribution < -0.4 is 11.5 Å². The Hall–Kier alpha value is -0.910. The van der Waals surface area contributed by atoms with E-state index < -0.39 is 0 Å². The lowest BCUT2D eigenvalue weighted by atomic mass is 9.88. The first-order chi connectivity index (χ1) is 7.68. The molecule has 2 rings (SSSR count). The van der Waals surface area contributed by atoms with Crippen molar-refractivity contribution in [3.63, 3.8) is 0 Å². The van der Waals surface area contributed by atoms with Gasteiger partial charge in [0, 0.05) is 24.8 Å². The number of nitrogens with two attached hydrogens (primary N) is 2. The second-order valence-corrected chi connectivity index (χ2v) is 4.35. The van der Waals surface area contributed by atoms with Crippen LogP contribution >= 0.6 is 11.6 Å². The predicted molar refractivity (Wildman–Crippen MR) is 61.9 cm³/mol. The van der Waals surface area contributed by atoms with Crippen LogP contribution in [-0.4, -0.2) is 23.4 Å². The number of nitrogens with zero attached hydrogens (tertiary/aromatic N) is 2. The molecule has 0 spiro atoms. The Bertz CT molecular complexity index is 368. The van der Waals surface area contributed by atoms with E-state index in [0.29, 0.717) is 16.9 Å². The van der Waals surface area contributed by atoms with E-state index in [4.69, 9.17) is 27.8 Å². The first-order valence-corrected chi connectivity index (χ1v) is 5.68. The summed E-state index contributed by atoms with van der Waals surface area (Å²) >= 11 is 5.97. The summed E-state index contributed by atoms with van der Waals surface area (Å²) in [6, 6.07) is 1.56. The largest absolute Gasteiger partial charge is 0.382 e. The molecule has 6 heteroatoms. The van der Waals surface area contributed by atoms with E-state index >= 15 is 0 Å². The minimum absolute atomic E-state index is 0.144. The first kappa shape index (κ1) is 11.6. The molecular weight excluding hydrogens is 228 g/mol. The van der Waals surface area contributed by atoms with Gasteiger partial charge in [-0.1, -0.05) is 11.6 Å². The maximum Gasteiger partial charge on any atom is 0.156 e. The highest BCUT2D eigenvalue weighted by atomic mass is 35.5. The van der Waals surface area contributed by atoms with Gasteiger partial charge in [-0.2, -0.15) is 0 Å². The Kier molecular flexibility index (Phi) is 3.58. The van der Waals surface area contributed by atoms with E-state index in [1.807, 2.05) is 0 Å². The van der Waals surface area contributed by atoms with Crippen LogP contribution in [0, 0.1) is 5.92 Å². The quantitative estimate of drug-likeness (QED) is 0.812. The molecule has 1 aromatic rings. The summed E-state index contributed by atoms with van der Waals surface area (Å²) in [6.45, 7) is 1.51. The van der Waals surface area contributed by atoms with Crippen LogP contribution in [0.2, 0.25) is 5.15 Å². The van der Waals surface area contributed by atoms with Gasteiger partial charge in [0.05, 0.1) is 0 Å². The summed E-state index contributed by atoms with van der Waals surface area (Å²) < 4.78 is 5.30. The number of hydrogen-bond acceptors (Lipinski definition) is 5. The van der Waals surface area contributed by atoms with Crippen molar-refractivity contribution >= 4 is 17.4 Å². The molecule has 0 aromatic carbocycles. The van der Waals surface area contributed by atoms with Gasteiger partial charge in [-0.3, -0.25) is 0 Å². The van der Waals surface area contributed by atoms with E-state index in [0.717, 1.165) is 31.6 Å². The topological polar surface area (TPSA) is 87.0 Å². The lowest BCUT2D eigenvalue weighted by molar-refractivity contribution is 0.0583. The lowest BCUT2D eigenvalue weighted by Gasteiger charge is -2.28. The highest BCUT2D eigenvalue weighted by Gasteiger charge is 2.24. The molecule has 0 amide bonds. The van der Waals surface area contributed by atoms with E-state index in [2.05, 4.69) is 10.2 Å². The molecule has 0 saturated carbocycles. The van der Waals surface area contributed by atoms with Crippen molar-refractivity contribution in [1.29, 1.82) is 0 Å². The molecule has 1 aromatic heterocycles. The van der Waals surface area contributed by atoms with Crippen LogP contribution in [0.25, 0.3) is 0 Å². The molecule has 5 nitrogen and oxygen atoms in total. The standard InChI is InChI=1S/C10H15ClN4O/c11-10-7(5-8(12)14-15-10)9(13)6-1-3-16-4-2-6/h5-6,9H,1-4,13H2,(H2,12,14). The molecule has 1 aliphatic heterocycles. The summed E-state index contributed by atoms with van der Waals surface area (Å²) in [5.41, 5.74) is 12.5. The molecule has 0 radical (unpaired) electrons. The second kappa shape index (κ2) is 4.95. The zero-order valence-corrected chi connectivity index (χ0v) is 9.65. The lowest BCUT2D eigenvalue weighted by Crippen LogP contribution is -2.28. The summed E-state index contributed by atoms with van der Waals surface area (Å²) in [5.74, 6) is 0.719. The molecule has 4 N–H and O–H groups in total. The molecule has 1 atom stereocenters. The Morgan fingerprint density at radius 1 is 1.38 bits per heavy atom. The summed E-state index contributed by atoms with van der Waals surface area (Å²) in [4.78, 5) is 0. The fourth-order valence-corrected chi connectivity index (χ4v) is 2.19. The van der Waals surface area contributed by atoms with Gasteiger partial charge in [-0.15, -0.1) is 10.2 Å². The van der Waals surface area contributed by atoms with Crippen molar-refractivity contribution in [2.75, 3.05) is 18.9 Å². The van der Waals surface area contributed by atoms with Crippen LogP contribution in [-0.2, 0) is 4.74 Å². The molecule has 2 heterocycles. The predicted octanol–water partition coefficient (Wildman–Crippen LogP) is 1.14. The summed E-state index contributed by atoms with van der Waals surface area (Å²) in [5, 5.41) is 7.80. The minimum atomic E-state index is -0.144. The molecule has 16 heavy (non-hydrogen) atoms. The third-order valence-corrected chi connectivity index (χ3v) is 3.22. The second-order valence-electron chi connectivity index (χ2n) is 3.99. The van der Waals surface area contributed by atoms with Crippen LogP contribution in [0.3, 0.4) is 0 Å². The Morgan fingerprint density at radius 2 is 2.06 bits per heavy atom. The number of rotatable bonds is 2. The van der Waals surface area contributed by atoms with Crippen molar-refractivity contribution in [2.24, 2.45) is 11.7 Å². The van der Waals surface area contributed by atoms with Gasteiger partial charge in [0.25, 0.3) is 0 Å². The van der Waals surface area contributed by atoms with Gasteiger partial charge in [0.2, 0.25) is 0 Å². The third kappa shape index (κ3) is 2.42. The van der Waals surface area contributed by atoms with Crippen LogP contribution in [0.5, 0.6) is 0 Å². The summed E-state index contributed by atoms with van der Waals surface area (Å²) in [7, 11) is 0. The van der Waals surface area contributed by atoms with Crippen molar-refractivity contribution in [3.8, 4) is 0 Å². The Morgan fingerprint density at radius 3 is 2.75 bits per heavy atom. The summed E-state index contributed by atoms with van der Waals surface area (Å²) in [6.07, 6.45) is 1.89. The van der Waals surface area contributed by atoms with Crippen LogP contribution in [0.15, 0.2) is 6.07 Å². The van der Waals surface area contributed by atoms with Crippen molar-refractivity contribution in [3.05, 3.63) is 16.8 Å². The maximum atomic E-state index is 6.18. The average Bonchev–Trinajstić information content (AvgIpc) is 2.32. The van der Waals surface area contributed by atoms with Crippen molar-refractivity contribution in [2.45, 2.75) is 18.9 Å². The normalized spacial score (nSPS) is 19.6. The molecule has 1 aliphatic rings. The van der Waals surface area contributed by atoms with Crippen molar-refractivity contribution in [1.82, 2.24) is 10.2 Å². The number of aromatic nitrogens is 2. The molecule has 1 saturated heterocycles. The van der Waals surface area contributed by atoms with Gasteiger partial charge in [-0.05, 0) is 24.8 Å². The molecule has 1 fully saturated rings. The van der Waals surface area contributed by atoms with Gasteiger partial charge < -0.3 is 16.2 Å². The molecule has 0 bridgehead atoms. The zero-order chi connectivity index (χ0) is 11.5. The SMILES string of the molecule is Nc1cc(C(N)C2CCOCC2)c(Cl)nn1. The van der Waals surface area contributed by atoms with E-state index in [9.17, 15) is 0 Å². The van der Waals surface area contributed by atoms with E-state index in [1.165, 1.54) is 0 Å². The van der Waals surface area contributed by atoms with E-state index in [1.54, 1.807) is 6.07 Å². The molecule has 0 aliphatic carbocycles. The van der Waals surface area contributed by atoms with Gasteiger partial charge >= 0.3 is 0 Å². The fourth-order valence-electron chi connectivity index (χ4n) is 1.97. The molecule has 88 valence electrons. The number of halogens is 1. The minimum Gasteiger partial charge on any atom is -0.382 e. The highest BCUT2D eigenvalue weighted by molar-refractivity contribution is 6.30. The number of anilines is 1. The highest BCUT2D eigenvalue weighted by Crippen LogP contribution is 2.31. The number of hydrogen-bond donors (Lipinski definition) is 2. The van der Waals surface area contributed by atoms with Gasteiger partial charge in [-0.25, -0.2) is 0 Å². The third-order valence-electron chi connectivity index (χ3n) is 2.93. The average molecular weight is 243 g/mol. The smallest absolute Gasteiger partial charge is 0.156 e. The van der Waals surface area contributed by atoms with Crippen LogP contribution in [0.4, 0.5) is 5.82 Å². The van der Waals surface area contributed by atoms with Crippen LogP contribution in [0.1, 0.15) is 24.4 Å². The van der Waals surface area contributed by atoms with Crippen molar-refractivity contribution < 1.29 is 4.74 Å². The fraction of sp³-hybridized carbons (Fsp3) is 0.600. The monoisotopic (exact) mass is 242 g/mol. The number of ether oxygens (including phenoxy) is 1. The van der Waals surface area contributed by atoms with E-state index in [-0.39, 0.29) is 6.04 Å². The molecular formula is C10H15ClN4O. The Labute approximate surface area is 99.1 Å². The zero-order valence-electron chi connectivity index (χ0n) is 8.90.